The first kappa shape index (κ1) is 17.7. The van der Waals surface area contributed by atoms with Crippen LogP contribution in [0.2, 0.25) is 0 Å². The number of aryl methyl sites for hydroxylation is 1. The van der Waals surface area contributed by atoms with E-state index >= 15 is 0 Å². The lowest BCUT2D eigenvalue weighted by Gasteiger charge is -2.20. The van der Waals surface area contributed by atoms with E-state index in [0.29, 0.717) is 11.8 Å². The van der Waals surface area contributed by atoms with Gasteiger partial charge in [-0.2, -0.15) is 15.1 Å². The maximum atomic E-state index is 11.8. The number of rotatable bonds is 8. The smallest absolute Gasteiger partial charge is 0.341 e. The molecule has 0 bridgehead atoms. The van der Waals surface area contributed by atoms with Crippen LogP contribution in [0.1, 0.15) is 38.1 Å². The standard InChI is InChI=1S/C17H24N6O/c1-4-9-23(10-5-2)16-19-15(20-17(24)21-16)12-18-22-14-8-6-7-13(3)11-14/h6-8,11-12,22H,4-5,9-10H2,1-3H3,(H,19,20,21,24)/b18-12+. The van der Waals surface area contributed by atoms with E-state index in [1.807, 2.05) is 36.1 Å². The number of hydrogen-bond acceptors (Lipinski definition) is 6. The summed E-state index contributed by atoms with van der Waals surface area (Å²) in [4.78, 5) is 24.8. The zero-order valence-corrected chi connectivity index (χ0v) is 14.4. The van der Waals surface area contributed by atoms with Gasteiger partial charge in [0.05, 0.1) is 11.9 Å². The van der Waals surface area contributed by atoms with Crippen LogP contribution in [0, 0.1) is 6.92 Å². The van der Waals surface area contributed by atoms with Gasteiger partial charge in [0.25, 0.3) is 0 Å². The molecular formula is C17H24N6O. The summed E-state index contributed by atoms with van der Waals surface area (Å²) < 4.78 is 0. The van der Waals surface area contributed by atoms with Crippen molar-refractivity contribution in [2.45, 2.75) is 33.6 Å². The van der Waals surface area contributed by atoms with Crippen LogP contribution >= 0.6 is 0 Å². The Morgan fingerprint density at radius 3 is 2.67 bits per heavy atom. The van der Waals surface area contributed by atoms with E-state index in [9.17, 15) is 4.79 Å². The summed E-state index contributed by atoms with van der Waals surface area (Å²) in [7, 11) is 0. The molecule has 0 aliphatic rings. The van der Waals surface area contributed by atoms with Gasteiger partial charge in [-0.1, -0.05) is 26.0 Å². The van der Waals surface area contributed by atoms with Crippen LogP contribution in [0.25, 0.3) is 0 Å². The minimum atomic E-state index is -0.422. The fraction of sp³-hybridized carbons (Fsp3) is 0.412. The molecule has 1 aromatic carbocycles. The molecule has 0 radical (unpaired) electrons. The Bertz CT molecular complexity index is 734. The van der Waals surface area contributed by atoms with Crippen LogP contribution < -0.4 is 16.0 Å². The Morgan fingerprint density at radius 1 is 1.25 bits per heavy atom. The lowest BCUT2D eigenvalue weighted by atomic mass is 10.2. The van der Waals surface area contributed by atoms with E-state index in [1.54, 1.807) is 0 Å². The second-order valence-electron chi connectivity index (χ2n) is 5.57. The molecule has 2 N–H and O–H groups in total. The quantitative estimate of drug-likeness (QED) is 0.574. The van der Waals surface area contributed by atoms with Crippen LogP contribution in [0.15, 0.2) is 34.2 Å². The van der Waals surface area contributed by atoms with Gasteiger partial charge in [-0.25, -0.2) is 4.79 Å². The third kappa shape index (κ3) is 5.19. The van der Waals surface area contributed by atoms with E-state index in [-0.39, 0.29) is 0 Å². The van der Waals surface area contributed by atoms with Crippen LogP contribution in [-0.2, 0) is 0 Å². The minimum Gasteiger partial charge on any atom is -0.341 e. The molecule has 1 aromatic heterocycles. The highest BCUT2D eigenvalue weighted by molar-refractivity contribution is 5.75. The van der Waals surface area contributed by atoms with Gasteiger partial charge < -0.3 is 4.90 Å². The van der Waals surface area contributed by atoms with Crippen LogP contribution in [0.5, 0.6) is 0 Å². The Labute approximate surface area is 141 Å². The van der Waals surface area contributed by atoms with E-state index in [0.717, 1.165) is 37.2 Å². The summed E-state index contributed by atoms with van der Waals surface area (Å²) in [5, 5.41) is 4.13. The predicted octanol–water partition coefficient (Wildman–Crippen LogP) is 2.55. The molecule has 0 saturated heterocycles. The van der Waals surface area contributed by atoms with Gasteiger partial charge in [-0.3, -0.25) is 10.4 Å². The van der Waals surface area contributed by atoms with E-state index in [2.05, 4.69) is 39.3 Å². The third-order valence-electron chi connectivity index (χ3n) is 3.33. The van der Waals surface area contributed by atoms with Gasteiger partial charge in [-0.15, -0.1) is 0 Å². The summed E-state index contributed by atoms with van der Waals surface area (Å²) >= 11 is 0. The SMILES string of the molecule is CCCN(CCC)c1nc(/C=N/Nc2cccc(C)c2)[nH]c(=O)n1. The summed E-state index contributed by atoms with van der Waals surface area (Å²) in [6.07, 6.45) is 3.42. The zero-order valence-electron chi connectivity index (χ0n) is 14.4. The van der Waals surface area contributed by atoms with Crippen LogP contribution in [-0.4, -0.2) is 34.3 Å². The van der Waals surface area contributed by atoms with E-state index in [1.165, 1.54) is 6.21 Å². The van der Waals surface area contributed by atoms with E-state index in [4.69, 9.17) is 0 Å². The summed E-state index contributed by atoms with van der Waals surface area (Å²) in [6, 6.07) is 7.86. The first-order valence-corrected chi connectivity index (χ1v) is 8.21. The molecule has 0 aliphatic carbocycles. The molecule has 0 spiro atoms. The number of H-pyrrole nitrogens is 1. The van der Waals surface area contributed by atoms with E-state index < -0.39 is 5.69 Å². The van der Waals surface area contributed by atoms with Gasteiger partial charge in [-0.05, 0) is 37.5 Å². The van der Waals surface area contributed by atoms with Crippen molar-refractivity contribution >= 4 is 17.9 Å². The van der Waals surface area contributed by atoms with Crippen molar-refractivity contribution in [3.63, 3.8) is 0 Å². The Hall–Kier alpha value is -2.70. The average molecular weight is 328 g/mol. The number of aromatic nitrogens is 3. The molecule has 128 valence electrons. The molecule has 0 aliphatic heterocycles. The monoisotopic (exact) mass is 328 g/mol. The van der Waals surface area contributed by atoms with Crippen molar-refractivity contribution in [3.05, 3.63) is 46.1 Å². The molecule has 0 atom stereocenters. The van der Waals surface area contributed by atoms with Gasteiger partial charge in [0, 0.05) is 13.1 Å². The molecule has 2 aromatic rings. The summed E-state index contributed by atoms with van der Waals surface area (Å²) in [6.45, 7) is 7.82. The number of benzene rings is 1. The van der Waals surface area contributed by atoms with Crippen molar-refractivity contribution in [1.29, 1.82) is 0 Å². The lowest BCUT2D eigenvalue weighted by Crippen LogP contribution is -2.30. The summed E-state index contributed by atoms with van der Waals surface area (Å²) in [5.41, 5.74) is 4.52. The molecule has 24 heavy (non-hydrogen) atoms. The topological polar surface area (TPSA) is 86.3 Å². The molecular weight excluding hydrogens is 304 g/mol. The Kier molecular flexibility index (Phi) is 6.48. The first-order valence-electron chi connectivity index (χ1n) is 8.21. The minimum absolute atomic E-state index is 0.377. The summed E-state index contributed by atoms with van der Waals surface area (Å²) in [5.74, 6) is 0.821. The van der Waals surface area contributed by atoms with Crippen LogP contribution in [0.4, 0.5) is 11.6 Å². The van der Waals surface area contributed by atoms with Gasteiger partial charge in [0.15, 0.2) is 5.82 Å². The number of hydrogen-bond donors (Lipinski definition) is 2. The second kappa shape index (κ2) is 8.81. The fourth-order valence-electron chi connectivity index (χ4n) is 2.33. The molecule has 7 heteroatoms. The molecule has 7 nitrogen and oxygen atoms in total. The number of hydrazone groups is 1. The third-order valence-corrected chi connectivity index (χ3v) is 3.33. The molecule has 0 amide bonds. The molecule has 1 heterocycles. The van der Waals surface area contributed by atoms with Crippen LogP contribution in [0.3, 0.4) is 0 Å². The molecule has 2 rings (SSSR count). The van der Waals surface area contributed by atoms with Gasteiger partial charge >= 0.3 is 5.69 Å². The Morgan fingerprint density at radius 2 is 2.00 bits per heavy atom. The largest absolute Gasteiger partial charge is 0.349 e. The number of nitrogens with one attached hydrogen (secondary N) is 2. The lowest BCUT2D eigenvalue weighted by molar-refractivity contribution is 0.712. The molecule has 0 saturated carbocycles. The van der Waals surface area contributed by atoms with Crippen molar-refractivity contribution in [2.24, 2.45) is 5.10 Å². The average Bonchev–Trinajstić information content (AvgIpc) is 2.54. The number of aromatic amines is 1. The predicted molar refractivity (Wildman–Crippen MR) is 97.8 cm³/mol. The van der Waals surface area contributed by atoms with Crippen molar-refractivity contribution in [3.8, 4) is 0 Å². The number of anilines is 2. The van der Waals surface area contributed by atoms with Crippen molar-refractivity contribution in [2.75, 3.05) is 23.4 Å². The zero-order chi connectivity index (χ0) is 17.4. The number of nitrogens with zero attached hydrogens (tertiary/aromatic N) is 4. The molecule has 0 fully saturated rings. The highest BCUT2D eigenvalue weighted by Crippen LogP contribution is 2.09. The van der Waals surface area contributed by atoms with Gasteiger partial charge in [0.1, 0.15) is 0 Å². The maximum absolute atomic E-state index is 11.8. The highest BCUT2D eigenvalue weighted by Gasteiger charge is 2.09. The van der Waals surface area contributed by atoms with Gasteiger partial charge in [0.2, 0.25) is 5.95 Å². The van der Waals surface area contributed by atoms with Crippen molar-refractivity contribution < 1.29 is 0 Å². The fourth-order valence-corrected chi connectivity index (χ4v) is 2.33. The highest BCUT2D eigenvalue weighted by atomic mass is 16.1. The molecule has 0 unspecified atom stereocenters. The maximum Gasteiger partial charge on any atom is 0.349 e. The Balaban J connectivity index is 2.15. The first-order chi connectivity index (χ1) is 11.6. The second-order valence-corrected chi connectivity index (χ2v) is 5.57. The van der Waals surface area contributed by atoms with Crippen molar-refractivity contribution in [1.82, 2.24) is 15.0 Å². The normalized spacial score (nSPS) is 11.0.